The highest BCUT2D eigenvalue weighted by molar-refractivity contribution is 5.35. The van der Waals surface area contributed by atoms with E-state index in [2.05, 4.69) is 10.3 Å². The van der Waals surface area contributed by atoms with Crippen LogP contribution in [0.15, 0.2) is 17.2 Å². The fourth-order valence-electron chi connectivity index (χ4n) is 1.55. The number of nitrogens with zero attached hydrogens (tertiary/aromatic N) is 2. The first kappa shape index (κ1) is 15.6. The average molecular weight is 271 g/mol. The maximum absolute atomic E-state index is 12.2. The summed E-state index contributed by atoms with van der Waals surface area (Å²) in [4.78, 5) is 16.1. The summed E-state index contributed by atoms with van der Waals surface area (Å²) in [5.41, 5.74) is -2.17. The van der Waals surface area contributed by atoms with Gasteiger partial charge in [-0.2, -0.15) is 0 Å². The molecule has 0 aromatic carbocycles. The first-order valence-electron chi connectivity index (χ1n) is 5.98. The van der Waals surface area contributed by atoms with Crippen LogP contribution in [0, 0.1) is 0 Å². The predicted molar refractivity (Wildman–Crippen MR) is 71.1 cm³/mol. The van der Waals surface area contributed by atoms with Crippen LogP contribution >= 0.6 is 0 Å². The Balaban J connectivity index is 3.20. The van der Waals surface area contributed by atoms with Crippen molar-refractivity contribution in [1.82, 2.24) is 9.55 Å². The molecule has 4 N–H and O–H groups in total. The van der Waals surface area contributed by atoms with Crippen molar-refractivity contribution in [3.63, 3.8) is 0 Å². The Bertz CT molecular complexity index is 466. The summed E-state index contributed by atoms with van der Waals surface area (Å²) < 4.78 is 1.49. The smallest absolute Gasteiger partial charge is 0.293 e. The van der Waals surface area contributed by atoms with Gasteiger partial charge in [0.1, 0.15) is 5.54 Å². The van der Waals surface area contributed by atoms with Crippen molar-refractivity contribution in [2.24, 2.45) is 0 Å². The maximum Gasteiger partial charge on any atom is 0.293 e. The molecule has 0 fully saturated rings. The fraction of sp³-hybridized carbons (Fsp3) is 0.667. The summed E-state index contributed by atoms with van der Waals surface area (Å²) in [7, 11) is 0. The summed E-state index contributed by atoms with van der Waals surface area (Å²) >= 11 is 0. The molecule has 7 heteroatoms. The van der Waals surface area contributed by atoms with Crippen LogP contribution in [0.2, 0.25) is 0 Å². The van der Waals surface area contributed by atoms with Gasteiger partial charge in [0.05, 0.1) is 19.8 Å². The number of nitrogens with one attached hydrogen (secondary N) is 1. The molecule has 7 nitrogen and oxygen atoms in total. The summed E-state index contributed by atoms with van der Waals surface area (Å²) in [5, 5.41) is 30.3. The van der Waals surface area contributed by atoms with Crippen LogP contribution in [-0.2, 0) is 5.54 Å². The number of rotatable bonds is 5. The average Bonchev–Trinajstić information content (AvgIpc) is 2.37. The third kappa shape index (κ3) is 3.31. The number of hydrogen-bond acceptors (Lipinski definition) is 6. The minimum absolute atomic E-state index is 0.0189. The highest BCUT2D eigenvalue weighted by Gasteiger charge is 2.30. The topological polar surface area (TPSA) is 108 Å². The van der Waals surface area contributed by atoms with Gasteiger partial charge in [-0.25, -0.2) is 4.98 Å². The van der Waals surface area contributed by atoms with Crippen molar-refractivity contribution in [2.45, 2.75) is 31.8 Å². The standard InChI is InChI=1S/C12H21N3O4/c1-11(2,3)15-5-4-13-9(10(15)19)14-12(6-16,7-17)8-18/h4-5,16-18H,6-8H2,1-3H3,(H,13,14). The molecule has 0 saturated heterocycles. The van der Waals surface area contributed by atoms with Gasteiger partial charge in [0, 0.05) is 17.9 Å². The number of anilines is 1. The molecule has 0 unspecified atom stereocenters. The zero-order valence-corrected chi connectivity index (χ0v) is 11.4. The molecule has 1 rings (SSSR count). The molecule has 0 aliphatic heterocycles. The van der Waals surface area contributed by atoms with Crippen molar-refractivity contribution in [3.05, 3.63) is 22.7 Å². The fourth-order valence-corrected chi connectivity index (χ4v) is 1.55. The Morgan fingerprint density at radius 3 is 2.16 bits per heavy atom. The second-order valence-electron chi connectivity index (χ2n) is 5.50. The molecule has 1 aromatic rings. The van der Waals surface area contributed by atoms with Crippen molar-refractivity contribution in [3.8, 4) is 0 Å². The van der Waals surface area contributed by atoms with Crippen LogP contribution in [0.4, 0.5) is 5.82 Å². The van der Waals surface area contributed by atoms with E-state index in [4.69, 9.17) is 0 Å². The minimum atomic E-state index is -1.37. The second-order valence-corrected chi connectivity index (χ2v) is 5.50. The van der Waals surface area contributed by atoms with Crippen LogP contribution in [0.5, 0.6) is 0 Å². The van der Waals surface area contributed by atoms with E-state index in [-0.39, 0.29) is 11.4 Å². The molecule has 1 aromatic heterocycles. The highest BCUT2D eigenvalue weighted by atomic mass is 16.3. The minimum Gasteiger partial charge on any atom is -0.394 e. The lowest BCUT2D eigenvalue weighted by Crippen LogP contribution is -2.51. The third-order valence-electron chi connectivity index (χ3n) is 2.86. The molecule has 0 aliphatic rings. The molecular formula is C12H21N3O4. The van der Waals surface area contributed by atoms with Gasteiger partial charge >= 0.3 is 0 Å². The van der Waals surface area contributed by atoms with Crippen LogP contribution in [0.3, 0.4) is 0 Å². The van der Waals surface area contributed by atoms with E-state index >= 15 is 0 Å². The van der Waals surface area contributed by atoms with E-state index in [0.717, 1.165) is 0 Å². The monoisotopic (exact) mass is 271 g/mol. The Labute approximate surface area is 111 Å². The highest BCUT2D eigenvalue weighted by Crippen LogP contribution is 2.13. The van der Waals surface area contributed by atoms with Crippen molar-refractivity contribution in [1.29, 1.82) is 0 Å². The van der Waals surface area contributed by atoms with E-state index in [9.17, 15) is 20.1 Å². The van der Waals surface area contributed by atoms with Crippen LogP contribution in [0.25, 0.3) is 0 Å². The van der Waals surface area contributed by atoms with E-state index in [1.54, 1.807) is 6.20 Å². The molecule has 0 aliphatic carbocycles. The molecule has 0 amide bonds. The first-order valence-corrected chi connectivity index (χ1v) is 5.98. The van der Waals surface area contributed by atoms with Gasteiger partial charge in [-0.15, -0.1) is 0 Å². The van der Waals surface area contributed by atoms with Gasteiger partial charge in [0.25, 0.3) is 5.56 Å². The van der Waals surface area contributed by atoms with Gasteiger partial charge in [-0.3, -0.25) is 4.79 Å². The molecule has 0 spiro atoms. The third-order valence-corrected chi connectivity index (χ3v) is 2.86. The van der Waals surface area contributed by atoms with E-state index < -0.39 is 30.9 Å². The lowest BCUT2D eigenvalue weighted by molar-refractivity contribution is 0.0829. The second kappa shape index (κ2) is 5.68. The quantitative estimate of drug-likeness (QED) is 0.554. The first-order chi connectivity index (χ1) is 8.79. The summed E-state index contributed by atoms with van der Waals surface area (Å²) in [6, 6.07) is 0. The molecule has 0 atom stereocenters. The van der Waals surface area contributed by atoms with E-state index in [1.807, 2.05) is 20.8 Å². The van der Waals surface area contributed by atoms with Gasteiger partial charge in [-0.1, -0.05) is 0 Å². The van der Waals surface area contributed by atoms with E-state index in [0.29, 0.717) is 0 Å². The summed E-state index contributed by atoms with van der Waals surface area (Å²) in [5.74, 6) is -0.0189. The van der Waals surface area contributed by atoms with Crippen molar-refractivity contribution < 1.29 is 15.3 Å². The predicted octanol–water partition coefficient (Wildman–Crippen LogP) is -0.874. The number of aliphatic hydroxyl groups is 3. The maximum atomic E-state index is 12.2. The van der Waals surface area contributed by atoms with Gasteiger partial charge < -0.3 is 25.2 Å². The normalized spacial score (nSPS) is 12.5. The lowest BCUT2D eigenvalue weighted by atomic mass is 10.0. The Hall–Kier alpha value is -1.44. The largest absolute Gasteiger partial charge is 0.394 e. The summed E-state index contributed by atoms with van der Waals surface area (Å²) in [6.45, 7) is 4.04. The van der Waals surface area contributed by atoms with Crippen molar-refractivity contribution >= 4 is 5.82 Å². The van der Waals surface area contributed by atoms with Gasteiger partial charge in [0.15, 0.2) is 5.82 Å². The Kier molecular flexibility index (Phi) is 4.67. The molecule has 0 bridgehead atoms. The zero-order chi connectivity index (χ0) is 14.7. The Morgan fingerprint density at radius 2 is 1.74 bits per heavy atom. The van der Waals surface area contributed by atoms with Gasteiger partial charge in [-0.05, 0) is 20.8 Å². The zero-order valence-electron chi connectivity index (χ0n) is 11.4. The molecule has 0 radical (unpaired) electrons. The lowest BCUT2D eigenvalue weighted by Gasteiger charge is -2.30. The summed E-state index contributed by atoms with van der Waals surface area (Å²) in [6.07, 6.45) is 3.01. The number of aliphatic hydroxyl groups excluding tert-OH is 3. The van der Waals surface area contributed by atoms with Crippen LogP contribution in [0.1, 0.15) is 20.8 Å². The van der Waals surface area contributed by atoms with Crippen LogP contribution in [-0.4, -0.2) is 50.2 Å². The SMILES string of the molecule is CC(C)(C)n1ccnc(NC(CO)(CO)CO)c1=O. The number of hydrogen-bond donors (Lipinski definition) is 4. The molecule has 108 valence electrons. The Morgan fingerprint density at radius 1 is 1.21 bits per heavy atom. The molecular weight excluding hydrogens is 250 g/mol. The molecule has 1 heterocycles. The number of aromatic nitrogens is 2. The van der Waals surface area contributed by atoms with Crippen molar-refractivity contribution in [2.75, 3.05) is 25.1 Å². The van der Waals surface area contributed by atoms with Gasteiger partial charge in [0.2, 0.25) is 0 Å². The molecule has 19 heavy (non-hydrogen) atoms. The van der Waals surface area contributed by atoms with E-state index in [1.165, 1.54) is 10.8 Å². The van der Waals surface area contributed by atoms with Crippen LogP contribution < -0.4 is 10.9 Å². The molecule has 0 saturated carbocycles.